The monoisotopic (exact) mass is 854 g/mol. The highest BCUT2D eigenvalue weighted by Crippen LogP contribution is 2.19. The van der Waals surface area contributed by atoms with E-state index in [1.807, 2.05) is 133 Å². The van der Waals surface area contributed by atoms with Gasteiger partial charge in [0, 0.05) is 12.8 Å². The average Bonchev–Trinajstić information content (AvgIpc) is 3.33. The zero-order valence-corrected chi connectivity index (χ0v) is 34.8. The van der Waals surface area contributed by atoms with Gasteiger partial charge in [0.05, 0.1) is 6.21 Å². The van der Waals surface area contributed by atoms with Gasteiger partial charge in [-0.1, -0.05) is 140 Å². The maximum atomic E-state index is 14.1. The molecule has 7 rings (SSSR count). The van der Waals surface area contributed by atoms with Gasteiger partial charge in [-0.3, -0.25) is 9.59 Å². The molecule has 7 aromatic rings. The van der Waals surface area contributed by atoms with E-state index in [0.717, 1.165) is 27.6 Å². The molecule has 3 amide bonds. The summed E-state index contributed by atoms with van der Waals surface area (Å²) in [5.74, 6) is -0.314. The van der Waals surface area contributed by atoms with Crippen molar-refractivity contribution in [3.8, 4) is 11.5 Å². The Kier molecular flexibility index (Phi) is 15.4. The normalized spacial score (nSPS) is 11.8. The molecular weight excluding hydrogens is 809 g/mol. The smallest absolute Gasteiger partial charge is 0.489 e. The maximum absolute atomic E-state index is 14.1. The lowest BCUT2D eigenvalue weighted by Gasteiger charge is -2.23. The molecule has 322 valence electrons. The lowest BCUT2D eigenvalue weighted by Crippen LogP contribution is -2.54. The average molecular weight is 855 g/mol. The predicted octanol–water partition coefficient (Wildman–Crippen LogP) is 8.85. The van der Waals surface area contributed by atoms with E-state index in [-0.39, 0.29) is 31.8 Å². The summed E-state index contributed by atoms with van der Waals surface area (Å²) in [5, 5.41) is 12.0. The van der Waals surface area contributed by atoms with Gasteiger partial charge in [0.15, 0.2) is 0 Å². The van der Waals surface area contributed by atoms with Gasteiger partial charge >= 0.3 is 12.2 Å². The van der Waals surface area contributed by atoms with Gasteiger partial charge in [-0.25, -0.2) is 15.0 Å². The van der Waals surface area contributed by atoms with Gasteiger partial charge in [-0.2, -0.15) is 5.10 Å². The molecule has 0 unspecified atom stereocenters. The Balaban J connectivity index is 0.988. The van der Waals surface area contributed by atoms with Gasteiger partial charge in [-0.15, -0.1) is 0 Å². The highest BCUT2D eigenvalue weighted by Gasteiger charge is 2.28. The zero-order valence-electron chi connectivity index (χ0n) is 34.8. The topological polar surface area (TPSA) is 154 Å². The second-order valence-electron chi connectivity index (χ2n) is 14.8. The fraction of sp³-hybridized carbons (Fsp3) is 0.135. The largest absolute Gasteiger partial charge is 0.514 e. The van der Waals surface area contributed by atoms with Crippen LogP contribution in [0.25, 0.3) is 10.8 Å². The first kappa shape index (κ1) is 43.8. The van der Waals surface area contributed by atoms with E-state index in [9.17, 15) is 19.2 Å². The summed E-state index contributed by atoms with van der Waals surface area (Å²) < 4.78 is 22.0. The number of nitrogens with one attached hydrogen (secondary N) is 3. The minimum absolute atomic E-state index is 0.00476. The number of carbonyl (C=O) groups excluding carboxylic acids is 4. The molecule has 12 nitrogen and oxygen atoms in total. The molecule has 3 N–H and O–H groups in total. The van der Waals surface area contributed by atoms with Crippen LogP contribution in [0.5, 0.6) is 11.5 Å². The van der Waals surface area contributed by atoms with Gasteiger partial charge in [0.1, 0.15) is 43.4 Å². The Morgan fingerprint density at radius 3 is 1.67 bits per heavy atom. The molecule has 7 aromatic carbocycles. The molecule has 0 radical (unpaired) electrons. The van der Waals surface area contributed by atoms with Crippen LogP contribution < -0.4 is 25.5 Å². The van der Waals surface area contributed by atoms with Crippen molar-refractivity contribution in [3.05, 3.63) is 215 Å². The molecule has 0 heterocycles. The van der Waals surface area contributed by atoms with Crippen LogP contribution in [0.1, 0.15) is 33.4 Å². The number of rotatable bonds is 18. The SMILES string of the molecule is O=C(N[C@H](Cc1ccc(OC(=O)OCc2ccccc2)cc1)C(=O)N[C@@H](Cc1ccccc1)C(=O)N/N=C\c1ccc(OCc2ccc3ccccc3c2)cc1)OCc1ccccc1. The third-order valence-corrected chi connectivity index (χ3v) is 9.99. The van der Waals surface area contributed by atoms with Gasteiger partial charge in [-0.05, 0) is 86.6 Å². The first-order valence-electron chi connectivity index (χ1n) is 20.7. The Hall–Kier alpha value is -8.25. The molecule has 12 heteroatoms. The second-order valence-corrected chi connectivity index (χ2v) is 14.8. The molecule has 0 aliphatic rings. The molecule has 2 atom stereocenters. The van der Waals surface area contributed by atoms with Gasteiger partial charge in [0.25, 0.3) is 5.91 Å². The maximum Gasteiger partial charge on any atom is 0.514 e. The molecule has 0 saturated carbocycles. The third-order valence-electron chi connectivity index (χ3n) is 9.99. The van der Waals surface area contributed by atoms with E-state index in [1.165, 1.54) is 11.6 Å². The summed E-state index contributed by atoms with van der Waals surface area (Å²) in [6, 6.07) is 53.4. The zero-order chi connectivity index (χ0) is 44.4. The van der Waals surface area contributed by atoms with E-state index in [1.54, 1.807) is 24.3 Å². The number of hydrogen-bond acceptors (Lipinski definition) is 9. The minimum Gasteiger partial charge on any atom is -0.489 e. The van der Waals surface area contributed by atoms with Crippen molar-refractivity contribution in [1.29, 1.82) is 0 Å². The van der Waals surface area contributed by atoms with Gasteiger partial charge in [0.2, 0.25) is 5.91 Å². The third kappa shape index (κ3) is 13.6. The Bertz CT molecular complexity index is 2640. The number of amides is 3. The number of fused-ring (bicyclic) bond motifs is 1. The number of ether oxygens (including phenoxy) is 4. The van der Waals surface area contributed by atoms with Crippen molar-refractivity contribution < 1.29 is 38.1 Å². The molecule has 0 bridgehead atoms. The Morgan fingerprint density at radius 1 is 0.484 bits per heavy atom. The van der Waals surface area contributed by atoms with E-state index < -0.39 is 36.1 Å². The number of benzene rings is 7. The van der Waals surface area contributed by atoms with Crippen LogP contribution in [0.15, 0.2) is 187 Å². The van der Waals surface area contributed by atoms with Crippen LogP contribution in [0, 0.1) is 0 Å². The summed E-state index contributed by atoms with van der Waals surface area (Å²) in [7, 11) is 0. The summed E-state index contributed by atoms with van der Waals surface area (Å²) in [4.78, 5) is 53.3. The van der Waals surface area contributed by atoms with E-state index >= 15 is 0 Å². The van der Waals surface area contributed by atoms with Crippen LogP contribution in [0.4, 0.5) is 9.59 Å². The molecule has 0 aliphatic carbocycles. The highest BCUT2D eigenvalue weighted by molar-refractivity contribution is 5.92. The van der Waals surface area contributed by atoms with Crippen molar-refractivity contribution in [2.45, 2.75) is 44.7 Å². The Morgan fingerprint density at radius 2 is 1.02 bits per heavy atom. The van der Waals surface area contributed by atoms with Gasteiger partial charge < -0.3 is 29.6 Å². The quantitative estimate of drug-likeness (QED) is 0.0335. The second kappa shape index (κ2) is 22.6. The number of carbonyl (C=O) groups is 4. The Labute approximate surface area is 370 Å². The first-order valence-corrected chi connectivity index (χ1v) is 20.7. The highest BCUT2D eigenvalue weighted by atomic mass is 16.7. The number of hydrogen-bond donors (Lipinski definition) is 3. The molecule has 0 fully saturated rings. The van der Waals surface area contributed by atoms with Crippen LogP contribution in [0.3, 0.4) is 0 Å². The first-order chi connectivity index (χ1) is 31.3. The van der Waals surface area contributed by atoms with Crippen LogP contribution in [-0.2, 0) is 51.7 Å². The number of alkyl carbamates (subject to hydrolysis) is 1. The van der Waals surface area contributed by atoms with E-state index in [2.05, 4.69) is 45.4 Å². The molecule has 0 aliphatic heterocycles. The van der Waals surface area contributed by atoms with Crippen molar-refractivity contribution in [1.82, 2.24) is 16.1 Å². The molecule has 64 heavy (non-hydrogen) atoms. The molecule has 0 spiro atoms. The summed E-state index contributed by atoms with van der Waals surface area (Å²) in [6.07, 6.45) is -0.0705. The molecule has 0 aromatic heterocycles. The number of nitrogens with zero attached hydrogens (tertiary/aromatic N) is 1. The lowest BCUT2D eigenvalue weighted by molar-refractivity contribution is -0.130. The molecule has 0 saturated heterocycles. The fourth-order valence-corrected chi connectivity index (χ4v) is 6.61. The lowest BCUT2D eigenvalue weighted by atomic mass is 10.0. The predicted molar refractivity (Wildman–Crippen MR) is 243 cm³/mol. The van der Waals surface area contributed by atoms with Crippen LogP contribution >= 0.6 is 0 Å². The standard InChI is InChI=1S/C52H46N4O8/c57-49(47(55-51(59)62-34-40-14-6-2-7-15-40)32-38-21-28-46(29-22-38)64-52(60)63-35-41-16-8-3-9-17-41)54-48(31-37-12-4-1-5-13-37)50(58)56-53-33-39-23-26-45(27-24-39)61-36-42-20-25-43-18-10-11-19-44(43)30-42/h1-30,33,47-48H,31-32,34-36H2,(H,54,57)(H,55,59)(H,56,58)/b53-33-/t47-,48+/m1/s1. The number of hydrazone groups is 1. The van der Waals surface area contributed by atoms with Crippen molar-refractivity contribution in [2.75, 3.05) is 0 Å². The van der Waals surface area contributed by atoms with Crippen LogP contribution in [0.2, 0.25) is 0 Å². The molecular formula is C52H46N4O8. The summed E-state index contributed by atoms with van der Waals surface area (Å²) >= 11 is 0. The minimum atomic E-state index is -1.18. The summed E-state index contributed by atoms with van der Waals surface area (Å²) in [6.45, 7) is 0.433. The van der Waals surface area contributed by atoms with Crippen molar-refractivity contribution in [3.63, 3.8) is 0 Å². The van der Waals surface area contributed by atoms with Crippen molar-refractivity contribution in [2.24, 2.45) is 5.10 Å². The summed E-state index contributed by atoms with van der Waals surface area (Å²) in [5.41, 5.74) is 7.30. The van der Waals surface area contributed by atoms with E-state index in [4.69, 9.17) is 18.9 Å². The fourth-order valence-electron chi connectivity index (χ4n) is 6.61. The van der Waals surface area contributed by atoms with Crippen molar-refractivity contribution >= 4 is 41.1 Å². The van der Waals surface area contributed by atoms with E-state index in [0.29, 0.717) is 23.5 Å². The van der Waals surface area contributed by atoms with Crippen LogP contribution in [-0.4, -0.2) is 42.4 Å².